The van der Waals surface area contributed by atoms with Gasteiger partial charge in [-0.05, 0) is 24.7 Å². The molecule has 1 nitrogen and oxygen atoms in total. The second-order valence-electron chi connectivity index (χ2n) is 2.46. The number of aliphatic hydroxyl groups excluding tert-OH is 1. The van der Waals surface area contributed by atoms with E-state index in [0.29, 0.717) is 0 Å². The van der Waals surface area contributed by atoms with E-state index in [-0.39, 0.29) is 6.10 Å². The van der Waals surface area contributed by atoms with Crippen LogP contribution in [0.5, 0.6) is 0 Å². The number of hydrogen-bond donors (Lipinski definition) is 1. The molecule has 2 aliphatic carbocycles. The number of rotatable bonds is 0. The molecule has 2 aliphatic rings. The monoisotopic (exact) mass is 84.1 g/mol. The summed E-state index contributed by atoms with van der Waals surface area (Å²) in [5.74, 6) is 1.71. The molecule has 0 aromatic carbocycles. The molecular formula is C5H8O. The van der Waals surface area contributed by atoms with Gasteiger partial charge in [-0.2, -0.15) is 0 Å². The molecule has 1 N–H and O–H groups in total. The summed E-state index contributed by atoms with van der Waals surface area (Å²) in [6.07, 6.45) is 2.53. The summed E-state index contributed by atoms with van der Waals surface area (Å²) in [7, 11) is 0. The largest absolute Gasteiger partial charge is 0.393 e. The minimum absolute atomic E-state index is 0.106. The fraction of sp³-hybridized carbons (Fsp3) is 1.00. The van der Waals surface area contributed by atoms with Crippen molar-refractivity contribution in [2.75, 3.05) is 0 Å². The Labute approximate surface area is 37.0 Å². The fourth-order valence-electron chi connectivity index (χ4n) is 1.30. The molecular weight excluding hydrogens is 76.1 g/mol. The molecule has 0 saturated heterocycles. The van der Waals surface area contributed by atoms with Crippen molar-refractivity contribution >= 4 is 0 Å². The minimum atomic E-state index is 0.106. The Kier molecular flexibility index (Phi) is 0.327. The zero-order chi connectivity index (χ0) is 4.15. The van der Waals surface area contributed by atoms with Crippen LogP contribution in [0, 0.1) is 11.8 Å². The summed E-state index contributed by atoms with van der Waals surface area (Å²) < 4.78 is 0. The first-order valence-corrected chi connectivity index (χ1v) is 2.56. The number of aliphatic hydroxyl groups is 1. The maximum Gasteiger partial charge on any atom is 0.0573 e. The summed E-state index contributed by atoms with van der Waals surface area (Å²) in [5.41, 5.74) is 0. The van der Waals surface area contributed by atoms with E-state index in [4.69, 9.17) is 5.11 Å². The van der Waals surface area contributed by atoms with Crippen molar-refractivity contribution < 1.29 is 5.11 Å². The SMILES string of the molecule is O[C@H]1C[C@@H]2C[C@@H]21. The van der Waals surface area contributed by atoms with E-state index in [1.807, 2.05) is 0 Å². The van der Waals surface area contributed by atoms with E-state index < -0.39 is 0 Å². The van der Waals surface area contributed by atoms with E-state index in [1.54, 1.807) is 0 Å². The Balaban J connectivity index is 2.08. The van der Waals surface area contributed by atoms with Crippen molar-refractivity contribution in [3.63, 3.8) is 0 Å². The van der Waals surface area contributed by atoms with Crippen LogP contribution >= 0.6 is 0 Å². The van der Waals surface area contributed by atoms with Crippen LogP contribution in [0.2, 0.25) is 0 Å². The molecule has 0 radical (unpaired) electrons. The van der Waals surface area contributed by atoms with Crippen LogP contribution in [0.3, 0.4) is 0 Å². The summed E-state index contributed by atoms with van der Waals surface area (Å²) in [6.45, 7) is 0. The molecule has 6 heavy (non-hydrogen) atoms. The van der Waals surface area contributed by atoms with Gasteiger partial charge in [-0.15, -0.1) is 0 Å². The first-order chi connectivity index (χ1) is 2.88. The van der Waals surface area contributed by atoms with Crippen LogP contribution in [0.1, 0.15) is 12.8 Å². The van der Waals surface area contributed by atoms with Crippen molar-refractivity contribution in [3.8, 4) is 0 Å². The van der Waals surface area contributed by atoms with Gasteiger partial charge < -0.3 is 5.11 Å². The van der Waals surface area contributed by atoms with E-state index in [2.05, 4.69) is 0 Å². The second-order valence-corrected chi connectivity index (χ2v) is 2.46. The Hall–Kier alpha value is -0.0400. The molecule has 34 valence electrons. The van der Waals surface area contributed by atoms with Crippen LogP contribution in [0.25, 0.3) is 0 Å². The molecule has 2 fully saturated rings. The van der Waals surface area contributed by atoms with Crippen molar-refractivity contribution in [1.82, 2.24) is 0 Å². The van der Waals surface area contributed by atoms with Gasteiger partial charge in [0.05, 0.1) is 6.10 Å². The summed E-state index contributed by atoms with van der Waals surface area (Å²) >= 11 is 0. The average molecular weight is 84.1 g/mol. The van der Waals surface area contributed by atoms with Crippen molar-refractivity contribution in [1.29, 1.82) is 0 Å². The molecule has 2 rings (SSSR count). The molecule has 0 heterocycles. The predicted octanol–water partition coefficient (Wildman–Crippen LogP) is 0.387. The van der Waals surface area contributed by atoms with Gasteiger partial charge in [-0.1, -0.05) is 0 Å². The highest BCUT2D eigenvalue weighted by atomic mass is 16.3. The molecule has 0 amide bonds. The van der Waals surface area contributed by atoms with Gasteiger partial charge in [0.15, 0.2) is 0 Å². The van der Waals surface area contributed by atoms with E-state index in [0.717, 1.165) is 18.3 Å². The molecule has 0 aromatic rings. The normalized spacial score (nSPS) is 62.5. The van der Waals surface area contributed by atoms with Crippen LogP contribution in [0.15, 0.2) is 0 Å². The zero-order valence-electron chi connectivity index (χ0n) is 3.59. The molecule has 0 aliphatic heterocycles. The summed E-state index contributed by atoms with van der Waals surface area (Å²) in [6, 6.07) is 0. The Bertz CT molecular complexity index is 80.0. The molecule has 0 bridgehead atoms. The summed E-state index contributed by atoms with van der Waals surface area (Å²) in [4.78, 5) is 0. The van der Waals surface area contributed by atoms with Crippen molar-refractivity contribution in [2.24, 2.45) is 11.8 Å². The maximum absolute atomic E-state index is 8.76. The Morgan fingerprint density at radius 1 is 1.33 bits per heavy atom. The lowest BCUT2D eigenvalue weighted by atomic mass is 9.97. The smallest absolute Gasteiger partial charge is 0.0573 e. The lowest BCUT2D eigenvalue weighted by molar-refractivity contribution is 0.0808. The molecule has 1 heteroatoms. The average Bonchev–Trinajstić information content (AvgIpc) is 2.12. The van der Waals surface area contributed by atoms with Crippen LogP contribution in [0.4, 0.5) is 0 Å². The lowest BCUT2D eigenvalue weighted by Gasteiger charge is -2.16. The van der Waals surface area contributed by atoms with E-state index in [1.165, 1.54) is 6.42 Å². The quantitative estimate of drug-likeness (QED) is 0.450. The van der Waals surface area contributed by atoms with Crippen LogP contribution < -0.4 is 0 Å². The second kappa shape index (κ2) is 0.648. The Morgan fingerprint density at radius 2 is 2.17 bits per heavy atom. The third-order valence-electron chi connectivity index (χ3n) is 2.02. The van der Waals surface area contributed by atoms with Gasteiger partial charge in [0.2, 0.25) is 0 Å². The van der Waals surface area contributed by atoms with E-state index >= 15 is 0 Å². The van der Waals surface area contributed by atoms with E-state index in [9.17, 15) is 0 Å². The first kappa shape index (κ1) is 3.03. The fourth-order valence-corrected chi connectivity index (χ4v) is 1.30. The van der Waals surface area contributed by atoms with Gasteiger partial charge in [0.25, 0.3) is 0 Å². The molecule has 0 aromatic heterocycles. The number of fused-ring (bicyclic) bond motifs is 1. The minimum Gasteiger partial charge on any atom is -0.393 e. The molecule has 2 saturated carbocycles. The third kappa shape index (κ3) is 0.178. The number of hydrogen-bond acceptors (Lipinski definition) is 1. The highest BCUT2D eigenvalue weighted by molar-refractivity contribution is 5.02. The van der Waals surface area contributed by atoms with Gasteiger partial charge in [0.1, 0.15) is 0 Å². The maximum atomic E-state index is 8.76. The van der Waals surface area contributed by atoms with Gasteiger partial charge in [-0.3, -0.25) is 0 Å². The first-order valence-electron chi connectivity index (χ1n) is 2.56. The third-order valence-corrected chi connectivity index (χ3v) is 2.02. The molecule has 0 spiro atoms. The summed E-state index contributed by atoms with van der Waals surface area (Å²) in [5, 5.41) is 8.76. The zero-order valence-corrected chi connectivity index (χ0v) is 3.59. The van der Waals surface area contributed by atoms with Gasteiger partial charge in [0, 0.05) is 0 Å². The van der Waals surface area contributed by atoms with Gasteiger partial charge >= 0.3 is 0 Å². The van der Waals surface area contributed by atoms with Gasteiger partial charge in [-0.25, -0.2) is 0 Å². The Morgan fingerprint density at radius 3 is 2.17 bits per heavy atom. The molecule has 0 unspecified atom stereocenters. The lowest BCUT2D eigenvalue weighted by Crippen LogP contribution is -2.20. The van der Waals surface area contributed by atoms with Crippen molar-refractivity contribution in [2.45, 2.75) is 18.9 Å². The van der Waals surface area contributed by atoms with Crippen molar-refractivity contribution in [3.05, 3.63) is 0 Å². The molecule has 3 atom stereocenters. The predicted molar refractivity (Wildman–Crippen MR) is 22.2 cm³/mol. The standard InChI is InChI=1S/C5H8O/c6-5-2-3-1-4(3)5/h3-6H,1-2H2/t3-,4-,5-/m0/s1. The highest BCUT2D eigenvalue weighted by Gasteiger charge is 2.52. The van der Waals surface area contributed by atoms with Crippen LogP contribution in [-0.2, 0) is 0 Å². The highest BCUT2D eigenvalue weighted by Crippen LogP contribution is 2.55. The van der Waals surface area contributed by atoms with Crippen LogP contribution in [-0.4, -0.2) is 11.2 Å². The topological polar surface area (TPSA) is 20.2 Å².